The highest BCUT2D eigenvalue weighted by Crippen LogP contribution is 2.27. The Morgan fingerprint density at radius 3 is 2.40 bits per heavy atom. The van der Waals surface area contributed by atoms with Crippen LogP contribution in [0.2, 0.25) is 0 Å². The first kappa shape index (κ1) is 14.1. The number of nitrogens with one attached hydrogen (secondary N) is 1. The van der Waals surface area contributed by atoms with Gasteiger partial charge in [0.2, 0.25) is 0 Å². The molecule has 0 radical (unpaired) electrons. The van der Waals surface area contributed by atoms with E-state index in [2.05, 4.69) is 12.2 Å². The highest BCUT2D eigenvalue weighted by atomic mass is 16.5. The Kier molecular flexibility index (Phi) is 4.71. The second-order valence-corrected chi connectivity index (χ2v) is 4.45. The summed E-state index contributed by atoms with van der Waals surface area (Å²) >= 11 is 0. The summed E-state index contributed by atoms with van der Waals surface area (Å²) in [4.78, 5) is 0. The molecule has 4 nitrogen and oxygen atoms in total. The van der Waals surface area contributed by atoms with Gasteiger partial charge in [-0.25, -0.2) is 0 Å². The highest BCUT2D eigenvalue weighted by molar-refractivity contribution is 5.67. The lowest BCUT2D eigenvalue weighted by Crippen LogP contribution is -1.96. The topological polar surface area (TPSA) is 56.5 Å². The number of ether oxygens (including phenoxy) is 2. The first-order valence-electron chi connectivity index (χ1n) is 6.66. The van der Waals surface area contributed by atoms with E-state index in [1.54, 1.807) is 7.11 Å². The molecule has 0 bridgehead atoms. The molecule has 0 aliphatic rings. The summed E-state index contributed by atoms with van der Waals surface area (Å²) in [7, 11) is 1.61. The average Bonchev–Trinajstić information content (AvgIpc) is 2.48. The highest BCUT2D eigenvalue weighted by Gasteiger charge is 2.02. The van der Waals surface area contributed by atoms with Gasteiger partial charge in [0.05, 0.1) is 19.4 Å². The molecule has 4 heteroatoms. The van der Waals surface area contributed by atoms with E-state index in [-0.39, 0.29) is 0 Å². The maximum atomic E-state index is 5.79. The van der Waals surface area contributed by atoms with Crippen molar-refractivity contribution in [3.05, 3.63) is 42.5 Å². The molecule has 0 saturated heterocycles. The van der Waals surface area contributed by atoms with Crippen LogP contribution < -0.4 is 20.5 Å². The number of nitrogens with two attached hydrogens (primary N) is 1. The molecule has 0 saturated carbocycles. The standard InChI is InChI=1S/C16H20N2O2/c1-3-10-20-14-7-4-12(5-8-14)18-13-6-9-15(17)16(11-13)19-2/h4-9,11,18H,3,10,17H2,1-2H3. The fourth-order valence-electron chi connectivity index (χ4n) is 1.81. The maximum Gasteiger partial charge on any atom is 0.143 e. The van der Waals surface area contributed by atoms with Gasteiger partial charge in [0.1, 0.15) is 11.5 Å². The lowest BCUT2D eigenvalue weighted by Gasteiger charge is -2.11. The Hall–Kier alpha value is -2.36. The number of methoxy groups -OCH3 is 1. The molecule has 0 spiro atoms. The van der Waals surface area contributed by atoms with Crippen LogP contribution in [0, 0.1) is 0 Å². The Balaban J connectivity index is 2.06. The minimum atomic E-state index is 0.626. The molecular formula is C16H20N2O2. The van der Waals surface area contributed by atoms with Crippen molar-refractivity contribution in [2.75, 3.05) is 24.8 Å². The van der Waals surface area contributed by atoms with E-state index in [1.807, 2.05) is 42.5 Å². The average molecular weight is 272 g/mol. The summed E-state index contributed by atoms with van der Waals surface area (Å²) in [5.74, 6) is 1.55. The largest absolute Gasteiger partial charge is 0.495 e. The molecule has 20 heavy (non-hydrogen) atoms. The van der Waals surface area contributed by atoms with Gasteiger partial charge in [-0.3, -0.25) is 0 Å². The molecule has 0 aliphatic carbocycles. The van der Waals surface area contributed by atoms with Gasteiger partial charge in [0, 0.05) is 17.4 Å². The van der Waals surface area contributed by atoms with Gasteiger partial charge < -0.3 is 20.5 Å². The van der Waals surface area contributed by atoms with Crippen molar-refractivity contribution in [2.24, 2.45) is 0 Å². The third-order valence-corrected chi connectivity index (χ3v) is 2.85. The fourth-order valence-corrected chi connectivity index (χ4v) is 1.81. The van der Waals surface area contributed by atoms with Gasteiger partial charge >= 0.3 is 0 Å². The van der Waals surface area contributed by atoms with Crippen LogP contribution in [0.1, 0.15) is 13.3 Å². The SMILES string of the molecule is CCCOc1ccc(Nc2ccc(N)c(OC)c2)cc1. The van der Waals surface area contributed by atoms with E-state index in [9.17, 15) is 0 Å². The van der Waals surface area contributed by atoms with E-state index < -0.39 is 0 Å². The van der Waals surface area contributed by atoms with Crippen molar-refractivity contribution in [1.82, 2.24) is 0 Å². The normalized spacial score (nSPS) is 10.1. The van der Waals surface area contributed by atoms with Crippen LogP contribution in [-0.4, -0.2) is 13.7 Å². The van der Waals surface area contributed by atoms with E-state index in [0.717, 1.165) is 30.2 Å². The fraction of sp³-hybridized carbons (Fsp3) is 0.250. The van der Waals surface area contributed by atoms with E-state index >= 15 is 0 Å². The molecule has 0 amide bonds. The Morgan fingerprint density at radius 2 is 1.75 bits per heavy atom. The van der Waals surface area contributed by atoms with Crippen LogP contribution in [0.5, 0.6) is 11.5 Å². The molecular weight excluding hydrogens is 252 g/mol. The zero-order valence-electron chi connectivity index (χ0n) is 11.8. The van der Waals surface area contributed by atoms with Crippen molar-refractivity contribution in [1.29, 1.82) is 0 Å². The van der Waals surface area contributed by atoms with Gasteiger partial charge in [-0.15, -0.1) is 0 Å². The van der Waals surface area contributed by atoms with Crippen LogP contribution in [0.3, 0.4) is 0 Å². The van der Waals surface area contributed by atoms with E-state index in [0.29, 0.717) is 11.4 Å². The molecule has 0 unspecified atom stereocenters. The number of benzene rings is 2. The third-order valence-electron chi connectivity index (χ3n) is 2.85. The van der Waals surface area contributed by atoms with E-state index in [4.69, 9.17) is 15.2 Å². The maximum absolute atomic E-state index is 5.79. The summed E-state index contributed by atoms with van der Waals surface area (Å²) < 4.78 is 10.8. The van der Waals surface area contributed by atoms with E-state index in [1.165, 1.54) is 0 Å². The van der Waals surface area contributed by atoms with Crippen molar-refractivity contribution in [2.45, 2.75) is 13.3 Å². The molecule has 106 valence electrons. The molecule has 0 heterocycles. The number of hydrogen-bond donors (Lipinski definition) is 2. The summed E-state index contributed by atoms with van der Waals surface area (Å²) in [5, 5.41) is 3.30. The summed E-state index contributed by atoms with van der Waals surface area (Å²) in [6.07, 6.45) is 1.01. The molecule has 2 rings (SSSR count). The predicted octanol–water partition coefficient (Wildman–Crippen LogP) is 3.81. The van der Waals surface area contributed by atoms with Crippen LogP contribution in [-0.2, 0) is 0 Å². The zero-order chi connectivity index (χ0) is 14.4. The van der Waals surface area contributed by atoms with Crippen molar-refractivity contribution in [3.8, 4) is 11.5 Å². The number of anilines is 3. The summed E-state index contributed by atoms with van der Waals surface area (Å²) in [6, 6.07) is 13.5. The molecule has 2 aromatic rings. The zero-order valence-corrected chi connectivity index (χ0v) is 11.8. The lowest BCUT2D eigenvalue weighted by molar-refractivity contribution is 0.317. The van der Waals surface area contributed by atoms with Crippen LogP contribution in [0.15, 0.2) is 42.5 Å². The summed E-state index contributed by atoms with van der Waals surface area (Å²) in [6.45, 7) is 2.83. The molecule has 0 aliphatic heterocycles. The second-order valence-electron chi connectivity index (χ2n) is 4.45. The first-order chi connectivity index (χ1) is 9.72. The predicted molar refractivity (Wildman–Crippen MR) is 82.9 cm³/mol. The van der Waals surface area contributed by atoms with Crippen LogP contribution >= 0.6 is 0 Å². The minimum absolute atomic E-state index is 0.626. The van der Waals surface area contributed by atoms with Crippen LogP contribution in [0.4, 0.5) is 17.1 Å². The quantitative estimate of drug-likeness (QED) is 0.785. The number of hydrogen-bond acceptors (Lipinski definition) is 4. The number of rotatable bonds is 6. The molecule has 3 N–H and O–H groups in total. The summed E-state index contributed by atoms with van der Waals surface area (Å²) in [5.41, 5.74) is 8.33. The molecule has 0 aromatic heterocycles. The molecule has 0 fully saturated rings. The van der Waals surface area contributed by atoms with Crippen molar-refractivity contribution >= 4 is 17.1 Å². The second kappa shape index (κ2) is 6.70. The third kappa shape index (κ3) is 3.57. The smallest absolute Gasteiger partial charge is 0.143 e. The van der Waals surface area contributed by atoms with Gasteiger partial charge in [0.15, 0.2) is 0 Å². The first-order valence-corrected chi connectivity index (χ1v) is 6.66. The Morgan fingerprint density at radius 1 is 1.05 bits per heavy atom. The van der Waals surface area contributed by atoms with Crippen molar-refractivity contribution in [3.63, 3.8) is 0 Å². The van der Waals surface area contributed by atoms with Crippen molar-refractivity contribution < 1.29 is 9.47 Å². The minimum Gasteiger partial charge on any atom is -0.495 e. The Labute approximate surface area is 119 Å². The lowest BCUT2D eigenvalue weighted by atomic mass is 10.2. The van der Waals surface area contributed by atoms with Crippen LogP contribution in [0.25, 0.3) is 0 Å². The van der Waals surface area contributed by atoms with Gasteiger partial charge in [0.25, 0.3) is 0 Å². The Bertz CT molecular complexity index is 553. The number of nitrogen functional groups attached to an aromatic ring is 1. The van der Waals surface area contributed by atoms with Gasteiger partial charge in [-0.1, -0.05) is 6.92 Å². The monoisotopic (exact) mass is 272 g/mol. The molecule has 2 aromatic carbocycles. The van der Waals surface area contributed by atoms with Gasteiger partial charge in [-0.05, 0) is 42.8 Å². The van der Waals surface area contributed by atoms with Gasteiger partial charge in [-0.2, -0.15) is 0 Å². The molecule has 0 atom stereocenters.